The highest BCUT2D eigenvalue weighted by atomic mass is 16.1. The second kappa shape index (κ2) is 6.68. The van der Waals surface area contributed by atoms with E-state index in [0.29, 0.717) is 5.56 Å². The van der Waals surface area contributed by atoms with Crippen LogP contribution >= 0.6 is 0 Å². The number of benzene rings is 3. The molecule has 0 saturated carbocycles. The van der Waals surface area contributed by atoms with Gasteiger partial charge in [-0.1, -0.05) is 85.0 Å². The Morgan fingerprint density at radius 1 is 0.727 bits per heavy atom. The Balaban J connectivity index is 1.70. The molecule has 0 spiro atoms. The van der Waals surface area contributed by atoms with Crippen molar-refractivity contribution in [2.75, 3.05) is 0 Å². The predicted octanol–water partition coefficient (Wildman–Crippen LogP) is 5.29. The molecule has 0 radical (unpaired) electrons. The molecule has 0 aliphatic rings. The highest BCUT2D eigenvalue weighted by molar-refractivity contribution is 6.04. The van der Waals surface area contributed by atoms with E-state index in [1.165, 1.54) is 10.8 Å². The third-order valence-corrected chi connectivity index (χ3v) is 3.48. The van der Waals surface area contributed by atoms with Crippen molar-refractivity contribution >= 4 is 22.6 Å². The molecule has 0 fully saturated rings. The molecule has 22 heavy (non-hydrogen) atoms. The zero-order valence-electron chi connectivity index (χ0n) is 12.1. The molecule has 3 aromatic rings. The van der Waals surface area contributed by atoms with Gasteiger partial charge in [0.05, 0.1) is 0 Å². The second-order valence-electron chi connectivity index (χ2n) is 5.06. The van der Waals surface area contributed by atoms with Crippen molar-refractivity contribution in [2.45, 2.75) is 0 Å². The van der Waals surface area contributed by atoms with Crippen LogP contribution < -0.4 is 0 Å². The highest BCUT2D eigenvalue weighted by Crippen LogP contribution is 2.16. The first kappa shape index (κ1) is 14.0. The Hall–Kier alpha value is -2.93. The van der Waals surface area contributed by atoms with E-state index in [0.717, 1.165) is 5.56 Å². The maximum Gasteiger partial charge on any atom is 0.185 e. The van der Waals surface area contributed by atoms with E-state index < -0.39 is 0 Å². The van der Waals surface area contributed by atoms with Crippen molar-refractivity contribution in [3.8, 4) is 0 Å². The third kappa shape index (κ3) is 3.39. The van der Waals surface area contributed by atoms with Crippen molar-refractivity contribution in [3.05, 3.63) is 102 Å². The van der Waals surface area contributed by atoms with Gasteiger partial charge in [0.15, 0.2) is 5.78 Å². The monoisotopic (exact) mass is 284 g/mol. The maximum atomic E-state index is 11.9. The zero-order valence-corrected chi connectivity index (χ0v) is 12.1. The molecule has 0 aromatic heterocycles. The number of allylic oxidation sites excluding steroid dienone is 3. The van der Waals surface area contributed by atoms with E-state index in [1.807, 2.05) is 54.6 Å². The molecule has 106 valence electrons. The lowest BCUT2D eigenvalue weighted by atomic mass is 10.1. The van der Waals surface area contributed by atoms with Gasteiger partial charge < -0.3 is 0 Å². The lowest BCUT2D eigenvalue weighted by molar-refractivity contribution is 0.104. The smallest absolute Gasteiger partial charge is 0.185 e. The Labute approximate surface area is 130 Å². The molecular formula is C21H16O. The second-order valence-corrected chi connectivity index (χ2v) is 5.06. The van der Waals surface area contributed by atoms with E-state index >= 15 is 0 Å². The fourth-order valence-electron chi connectivity index (χ4n) is 2.32. The van der Waals surface area contributed by atoms with Crippen molar-refractivity contribution in [2.24, 2.45) is 0 Å². The number of carbonyl (C=O) groups is 1. The Morgan fingerprint density at radius 3 is 2.27 bits per heavy atom. The molecule has 0 bridgehead atoms. The van der Waals surface area contributed by atoms with Gasteiger partial charge in [-0.3, -0.25) is 4.79 Å². The first-order valence-electron chi connectivity index (χ1n) is 7.26. The number of carbonyl (C=O) groups excluding carboxylic acids is 1. The maximum absolute atomic E-state index is 11.9. The van der Waals surface area contributed by atoms with Gasteiger partial charge in [-0.15, -0.1) is 0 Å². The minimum Gasteiger partial charge on any atom is -0.289 e. The van der Waals surface area contributed by atoms with Crippen molar-refractivity contribution in [1.29, 1.82) is 0 Å². The molecule has 0 aliphatic heterocycles. The largest absolute Gasteiger partial charge is 0.289 e. The van der Waals surface area contributed by atoms with Gasteiger partial charge in [-0.25, -0.2) is 0 Å². The minimum atomic E-state index is 0.0174. The molecule has 0 N–H and O–H groups in total. The van der Waals surface area contributed by atoms with Gasteiger partial charge in [0.1, 0.15) is 0 Å². The van der Waals surface area contributed by atoms with Crippen LogP contribution in [0.4, 0.5) is 0 Å². The van der Waals surface area contributed by atoms with Crippen LogP contribution in [0.2, 0.25) is 0 Å². The van der Waals surface area contributed by atoms with Crippen LogP contribution in [0.1, 0.15) is 15.9 Å². The molecule has 0 atom stereocenters. The van der Waals surface area contributed by atoms with Crippen LogP contribution in [-0.4, -0.2) is 5.78 Å². The van der Waals surface area contributed by atoms with Crippen molar-refractivity contribution in [3.63, 3.8) is 0 Å². The number of ketones is 1. The van der Waals surface area contributed by atoms with Crippen molar-refractivity contribution < 1.29 is 4.79 Å². The summed E-state index contributed by atoms with van der Waals surface area (Å²) >= 11 is 0. The molecule has 3 aromatic carbocycles. The van der Waals surface area contributed by atoms with Gasteiger partial charge in [-0.05, 0) is 28.5 Å². The van der Waals surface area contributed by atoms with E-state index in [-0.39, 0.29) is 5.78 Å². The predicted molar refractivity (Wildman–Crippen MR) is 92.9 cm³/mol. The molecule has 1 nitrogen and oxygen atoms in total. The summed E-state index contributed by atoms with van der Waals surface area (Å²) in [5.74, 6) is 0.0174. The molecular weight excluding hydrogens is 268 g/mol. The molecule has 0 saturated heterocycles. The van der Waals surface area contributed by atoms with Gasteiger partial charge >= 0.3 is 0 Å². The van der Waals surface area contributed by atoms with E-state index in [9.17, 15) is 4.79 Å². The average Bonchev–Trinajstić information content (AvgIpc) is 2.59. The Morgan fingerprint density at radius 2 is 1.45 bits per heavy atom. The fourth-order valence-corrected chi connectivity index (χ4v) is 2.32. The Bertz CT molecular complexity index is 842. The summed E-state index contributed by atoms with van der Waals surface area (Å²) in [6.45, 7) is 0. The van der Waals surface area contributed by atoms with Crippen LogP contribution in [0.3, 0.4) is 0 Å². The summed E-state index contributed by atoms with van der Waals surface area (Å²) in [5.41, 5.74) is 1.83. The van der Waals surface area contributed by atoms with Crippen LogP contribution in [0.15, 0.2) is 91.0 Å². The first-order chi connectivity index (χ1) is 10.8. The summed E-state index contributed by atoms with van der Waals surface area (Å²) in [4.78, 5) is 11.9. The van der Waals surface area contributed by atoms with Crippen LogP contribution in [-0.2, 0) is 0 Å². The van der Waals surface area contributed by atoms with Gasteiger partial charge in [0, 0.05) is 5.56 Å². The molecule has 0 unspecified atom stereocenters. The van der Waals surface area contributed by atoms with Crippen LogP contribution in [0, 0.1) is 0 Å². The van der Waals surface area contributed by atoms with E-state index in [2.05, 4.69) is 30.3 Å². The third-order valence-electron chi connectivity index (χ3n) is 3.48. The number of fused-ring (bicyclic) bond motifs is 1. The quantitative estimate of drug-likeness (QED) is 0.361. The van der Waals surface area contributed by atoms with Gasteiger partial charge in [0.2, 0.25) is 0 Å². The molecule has 0 heterocycles. The molecule has 3 rings (SSSR count). The lowest BCUT2D eigenvalue weighted by Crippen LogP contribution is -1.92. The number of rotatable bonds is 4. The van der Waals surface area contributed by atoms with Gasteiger partial charge in [0.25, 0.3) is 0 Å². The van der Waals surface area contributed by atoms with Crippen LogP contribution in [0.25, 0.3) is 16.8 Å². The summed E-state index contributed by atoms with van der Waals surface area (Å²) in [6.07, 6.45) is 7.27. The average molecular weight is 284 g/mol. The zero-order chi connectivity index (χ0) is 15.2. The summed E-state index contributed by atoms with van der Waals surface area (Å²) in [7, 11) is 0. The SMILES string of the molecule is O=C(C=CC=Cc1ccc2ccccc2c1)c1ccccc1. The normalized spacial score (nSPS) is 11.5. The van der Waals surface area contributed by atoms with E-state index in [4.69, 9.17) is 0 Å². The summed E-state index contributed by atoms with van der Waals surface area (Å²) in [5, 5.41) is 2.45. The molecule has 0 aliphatic carbocycles. The standard InChI is InChI=1S/C21H16O/c22-21(19-10-2-1-3-11-19)13-7-4-8-17-14-15-18-9-5-6-12-20(18)16-17/h1-16H. The van der Waals surface area contributed by atoms with Gasteiger partial charge in [-0.2, -0.15) is 0 Å². The first-order valence-corrected chi connectivity index (χ1v) is 7.26. The molecule has 1 heteroatoms. The number of hydrogen-bond donors (Lipinski definition) is 0. The highest BCUT2D eigenvalue weighted by Gasteiger charge is 1.97. The summed E-state index contributed by atoms with van der Waals surface area (Å²) in [6, 6.07) is 23.9. The van der Waals surface area contributed by atoms with Crippen molar-refractivity contribution in [1.82, 2.24) is 0 Å². The Kier molecular flexibility index (Phi) is 4.26. The van der Waals surface area contributed by atoms with Crippen LogP contribution in [0.5, 0.6) is 0 Å². The minimum absolute atomic E-state index is 0.0174. The van der Waals surface area contributed by atoms with E-state index in [1.54, 1.807) is 12.2 Å². The topological polar surface area (TPSA) is 17.1 Å². The molecule has 0 amide bonds. The fraction of sp³-hybridized carbons (Fsp3) is 0. The summed E-state index contributed by atoms with van der Waals surface area (Å²) < 4.78 is 0. The number of hydrogen-bond acceptors (Lipinski definition) is 1. The lowest BCUT2D eigenvalue weighted by Gasteiger charge is -1.98.